The minimum atomic E-state index is 0.291. The molecule has 1 atom stereocenters. The van der Waals surface area contributed by atoms with Gasteiger partial charge in [-0.15, -0.1) is 0 Å². The maximum atomic E-state index is 11.7. The molecule has 0 aliphatic heterocycles. The fraction of sp³-hybridized carbons (Fsp3) is 0.292. The van der Waals surface area contributed by atoms with Crippen molar-refractivity contribution in [3.63, 3.8) is 0 Å². The fourth-order valence-electron chi connectivity index (χ4n) is 3.71. The lowest BCUT2D eigenvalue weighted by Crippen LogP contribution is -2.05. The van der Waals surface area contributed by atoms with Crippen molar-refractivity contribution in [1.82, 2.24) is 0 Å². The van der Waals surface area contributed by atoms with Crippen LogP contribution in [-0.2, 0) is 4.79 Å². The van der Waals surface area contributed by atoms with Crippen molar-refractivity contribution < 1.29 is 4.79 Å². The van der Waals surface area contributed by atoms with Gasteiger partial charge < -0.3 is 4.79 Å². The Kier molecular flexibility index (Phi) is 5.65. The highest BCUT2D eigenvalue weighted by atomic mass is 16.1. The summed E-state index contributed by atoms with van der Waals surface area (Å²) in [5, 5.41) is 0. The molecule has 1 unspecified atom stereocenters. The predicted molar refractivity (Wildman–Crippen MR) is 106 cm³/mol. The van der Waals surface area contributed by atoms with Crippen molar-refractivity contribution in [2.45, 2.75) is 39.5 Å². The molecule has 2 aromatic carbocycles. The Morgan fingerprint density at radius 1 is 1.08 bits per heavy atom. The molecule has 3 rings (SSSR count). The van der Waals surface area contributed by atoms with Crippen LogP contribution < -0.4 is 0 Å². The molecular formula is C24H26O. The number of allylic oxidation sites excluding steroid dienone is 3. The van der Waals surface area contributed by atoms with Gasteiger partial charge in [0.05, 0.1) is 0 Å². The normalized spacial score (nSPS) is 19.4. The minimum Gasteiger partial charge on any atom is -0.300 e. The van der Waals surface area contributed by atoms with Crippen LogP contribution in [0.2, 0.25) is 0 Å². The summed E-state index contributed by atoms with van der Waals surface area (Å²) in [6.45, 7) is 3.83. The van der Waals surface area contributed by atoms with E-state index in [-0.39, 0.29) is 0 Å². The molecule has 2 aromatic rings. The lowest BCUT2D eigenvalue weighted by Gasteiger charge is -2.15. The number of benzene rings is 2. The molecule has 1 fully saturated rings. The van der Waals surface area contributed by atoms with Crippen LogP contribution in [0.15, 0.2) is 66.2 Å². The van der Waals surface area contributed by atoms with Gasteiger partial charge in [-0.05, 0) is 55.7 Å². The van der Waals surface area contributed by atoms with E-state index in [1.165, 1.54) is 34.3 Å². The monoisotopic (exact) mass is 330 g/mol. The largest absolute Gasteiger partial charge is 0.300 e. The molecular weight excluding hydrogens is 304 g/mol. The molecule has 0 heterocycles. The van der Waals surface area contributed by atoms with Crippen molar-refractivity contribution in [3.05, 3.63) is 82.9 Å². The zero-order chi connectivity index (χ0) is 17.6. The van der Waals surface area contributed by atoms with Crippen LogP contribution >= 0.6 is 0 Å². The second kappa shape index (κ2) is 8.11. The molecule has 0 aromatic heterocycles. The predicted octanol–water partition coefficient (Wildman–Crippen LogP) is 6.24. The average Bonchev–Trinajstić information content (AvgIpc) is 3.05. The van der Waals surface area contributed by atoms with Gasteiger partial charge in [0.15, 0.2) is 0 Å². The SMILES string of the molecule is CC(=O)CC1CCC/C1=C(/C=C/c1ccccc1)c1ccc(C)cc1. The number of ketones is 1. The molecule has 128 valence electrons. The average molecular weight is 330 g/mol. The Hall–Kier alpha value is -2.41. The molecule has 0 amide bonds. The maximum Gasteiger partial charge on any atom is 0.130 e. The minimum absolute atomic E-state index is 0.291. The van der Waals surface area contributed by atoms with Gasteiger partial charge in [-0.3, -0.25) is 0 Å². The fourth-order valence-corrected chi connectivity index (χ4v) is 3.71. The summed E-state index contributed by atoms with van der Waals surface area (Å²) in [6.07, 6.45) is 8.51. The standard InChI is InChI=1S/C24H26O/c1-18-11-14-21(15-12-18)24(16-13-20-7-4-3-5-8-20)23-10-6-9-22(23)17-19(2)25/h3-5,7-8,11-16,22H,6,9-10,17H2,1-2H3/b16-13+,24-23+. The van der Waals surface area contributed by atoms with Gasteiger partial charge >= 0.3 is 0 Å². The Labute approximate surface area is 151 Å². The number of rotatable bonds is 5. The lowest BCUT2D eigenvalue weighted by atomic mass is 9.89. The summed E-state index contributed by atoms with van der Waals surface area (Å²) in [5.41, 5.74) is 6.47. The van der Waals surface area contributed by atoms with E-state index in [0.717, 1.165) is 12.8 Å². The second-order valence-corrected chi connectivity index (χ2v) is 7.04. The molecule has 0 radical (unpaired) electrons. The Bertz CT molecular complexity index is 779. The topological polar surface area (TPSA) is 17.1 Å². The molecule has 1 aliphatic carbocycles. The molecule has 1 saturated carbocycles. The summed E-state index contributed by atoms with van der Waals surface area (Å²) in [5.74, 6) is 0.689. The Morgan fingerprint density at radius 2 is 1.80 bits per heavy atom. The third-order valence-electron chi connectivity index (χ3n) is 4.98. The molecule has 0 bridgehead atoms. The van der Waals surface area contributed by atoms with Crippen LogP contribution in [0.25, 0.3) is 11.6 Å². The van der Waals surface area contributed by atoms with Gasteiger partial charge in [-0.2, -0.15) is 0 Å². The maximum absolute atomic E-state index is 11.7. The van der Waals surface area contributed by atoms with Crippen LogP contribution in [0.5, 0.6) is 0 Å². The van der Waals surface area contributed by atoms with E-state index in [1.807, 2.05) is 6.07 Å². The van der Waals surface area contributed by atoms with E-state index in [1.54, 1.807) is 6.92 Å². The highest BCUT2D eigenvalue weighted by Crippen LogP contribution is 2.39. The first-order valence-electron chi connectivity index (χ1n) is 9.16. The first kappa shape index (κ1) is 17.4. The Morgan fingerprint density at radius 3 is 2.48 bits per heavy atom. The highest BCUT2D eigenvalue weighted by Gasteiger charge is 2.25. The zero-order valence-electron chi connectivity index (χ0n) is 15.2. The van der Waals surface area contributed by atoms with Crippen molar-refractivity contribution in [2.75, 3.05) is 0 Å². The van der Waals surface area contributed by atoms with E-state index in [2.05, 4.69) is 67.6 Å². The number of aryl methyl sites for hydroxylation is 1. The molecule has 25 heavy (non-hydrogen) atoms. The number of carbonyl (C=O) groups is 1. The summed E-state index contributed by atoms with van der Waals surface area (Å²) < 4.78 is 0. The summed E-state index contributed by atoms with van der Waals surface area (Å²) in [4.78, 5) is 11.7. The lowest BCUT2D eigenvalue weighted by molar-refractivity contribution is -0.117. The zero-order valence-corrected chi connectivity index (χ0v) is 15.2. The summed E-state index contributed by atoms with van der Waals surface area (Å²) in [7, 11) is 0. The van der Waals surface area contributed by atoms with Crippen LogP contribution in [-0.4, -0.2) is 5.78 Å². The van der Waals surface area contributed by atoms with E-state index in [4.69, 9.17) is 0 Å². The third-order valence-corrected chi connectivity index (χ3v) is 4.98. The summed E-state index contributed by atoms with van der Waals surface area (Å²) >= 11 is 0. The third kappa shape index (κ3) is 4.57. The highest BCUT2D eigenvalue weighted by molar-refractivity contribution is 5.83. The van der Waals surface area contributed by atoms with E-state index < -0.39 is 0 Å². The first-order valence-corrected chi connectivity index (χ1v) is 9.16. The molecule has 1 nitrogen and oxygen atoms in total. The molecule has 0 spiro atoms. The number of hydrogen-bond donors (Lipinski definition) is 0. The van der Waals surface area contributed by atoms with Gasteiger partial charge in [0, 0.05) is 6.42 Å². The van der Waals surface area contributed by atoms with E-state index in [0.29, 0.717) is 18.1 Å². The van der Waals surface area contributed by atoms with Crippen LogP contribution in [0.1, 0.15) is 49.3 Å². The van der Waals surface area contributed by atoms with Crippen molar-refractivity contribution in [2.24, 2.45) is 5.92 Å². The summed E-state index contributed by atoms with van der Waals surface area (Å²) in [6, 6.07) is 19.1. The van der Waals surface area contributed by atoms with Crippen LogP contribution in [0, 0.1) is 12.8 Å². The van der Waals surface area contributed by atoms with Gasteiger partial charge in [0.25, 0.3) is 0 Å². The quantitative estimate of drug-likeness (QED) is 0.634. The molecule has 0 saturated heterocycles. The van der Waals surface area contributed by atoms with Gasteiger partial charge in [0.1, 0.15) is 5.78 Å². The van der Waals surface area contributed by atoms with Crippen molar-refractivity contribution in [3.8, 4) is 0 Å². The van der Waals surface area contributed by atoms with Gasteiger partial charge in [-0.25, -0.2) is 0 Å². The smallest absolute Gasteiger partial charge is 0.130 e. The van der Waals surface area contributed by atoms with Crippen LogP contribution in [0.3, 0.4) is 0 Å². The van der Waals surface area contributed by atoms with Crippen molar-refractivity contribution >= 4 is 17.4 Å². The number of hydrogen-bond acceptors (Lipinski definition) is 1. The van der Waals surface area contributed by atoms with Gasteiger partial charge in [0.2, 0.25) is 0 Å². The van der Waals surface area contributed by atoms with Gasteiger partial charge in [-0.1, -0.05) is 77.9 Å². The van der Waals surface area contributed by atoms with E-state index in [9.17, 15) is 4.79 Å². The van der Waals surface area contributed by atoms with Crippen LogP contribution in [0.4, 0.5) is 0 Å². The first-order chi connectivity index (χ1) is 12.1. The second-order valence-electron chi connectivity index (χ2n) is 7.04. The van der Waals surface area contributed by atoms with Crippen molar-refractivity contribution in [1.29, 1.82) is 0 Å². The van der Waals surface area contributed by atoms with E-state index >= 15 is 0 Å². The molecule has 1 aliphatic rings. The number of carbonyl (C=O) groups excluding carboxylic acids is 1. The number of Topliss-reactive ketones (excluding diaryl/α,β-unsaturated/α-hetero) is 1. The molecule has 0 N–H and O–H groups in total. The Balaban J connectivity index is 2.02. The molecule has 1 heteroatoms.